The van der Waals surface area contributed by atoms with Crippen molar-refractivity contribution in [3.8, 4) is 0 Å². The molecule has 0 aromatic carbocycles. The Labute approximate surface area is 129 Å². The summed E-state index contributed by atoms with van der Waals surface area (Å²) in [4.78, 5) is 25.6. The summed E-state index contributed by atoms with van der Waals surface area (Å²) >= 11 is 1.44. The summed E-state index contributed by atoms with van der Waals surface area (Å²) in [6.45, 7) is 4.05. The molecule has 2 rings (SSSR count). The predicted molar refractivity (Wildman–Crippen MR) is 83.9 cm³/mol. The molecule has 0 radical (unpaired) electrons. The van der Waals surface area contributed by atoms with Gasteiger partial charge in [-0.3, -0.25) is 4.79 Å². The van der Waals surface area contributed by atoms with Crippen LogP contribution in [-0.4, -0.2) is 23.0 Å². The molecule has 1 atom stereocenters. The third-order valence-electron chi connectivity index (χ3n) is 4.30. The standard InChI is InChI=1S/C16H23NO3S/c1-3-11-9-13(21-10(11)2)15(18)17-14(16(19)20)12-7-5-4-6-8-12/h9,12,14H,3-8H2,1-2H3,(H,17,18)(H,19,20). The van der Waals surface area contributed by atoms with Crippen molar-refractivity contribution in [3.05, 3.63) is 21.4 Å². The number of carboxylic acid groups (broad SMARTS) is 1. The number of thiophene rings is 1. The van der Waals surface area contributed by atoms with Crippen LogP contribution >= 0.6 is 11.3 Å². The second kappa shape index (κ2) is 7.07. The lowest BCUT2D eigenvalue weighted by atomic mass is 9.84. The smallest absolute Gasteiger partial charge is 0.326 e. The van der Waals surface area contributed by atoms with Gasteiger partial charge < -0.3 is 10.4 Å². The van der Waals surface area contributed by atoms with Crippen LogP contribution in [0.15, 0.2) is 6.07 Å². The van der Waals surface area contributed by atoms with Crippen molar-refractivity contribution in [1.82, 2.24) is 5.32 Å². The number of aryl methyl sites for hydroxylation is 2. The first-order valence-corrected chi connectivity index (χ1v) is 8.47. The minimum absolute atomic E-state index is 0.0619. The molecule has 4 nitrogen and oxygen atoms in total. The van der Waals surface area contributed by atoms with Gasteiger partial charge in [-0.15, -0.1) is 11.3 Å². The predicted octanol–water partition coefficient (Wildman–Crippen LogP) is 3.38. The van der Waals surface area contributed by atoms with Crippen LogP contribution in [0.1, 0.15) is 59.1 Å². The van der Waals surface area contributed by atoms with E-state index in [2.05, 4.69) is 12.2 Å². The van der Waals surface area contributed by atoms with Gasteiger partial charge in [0.15, 0.2) is 0 Å². The number of rotatable bonds is 5. The molecule has 21 heavy (non-hydrogen) atoms. The van der Waals surface area contributed by atoms with E-state index < -0.39 is 12.0 Å². The van der Waals surface area contributed by atoms with E-state index in [4.69, 9.17) is 0 Å². The van der Waals surface area contributed by atoms with Gasteiger partial charge in [0.2, 0.25) is 0 Å². The number of hydrogen-bond donors (Lipinski definition) is 2. The van der Waals surface area contributed by atoms with Crippen molar-refractivity contribution in [3.63, 3.8) is 0 Å². The maximum Gasteiger partial charge on any atom is 0.326 e. The van der Waals surface area contributed by atoms with Gasteiger partial charge in [0.25, 0.3) is 5.91 Å². The fourth-order valence-corrected chi connectivity index (χ4v) is 4.06. The second-order valence-electron chi connectivity index (χ2n) is 5.73. The second-order valence-corrected chi connectivity index (χ2v) is 6.99. The molecule has 0 saturated heterocycles. The Hall–Kier alpha value is -1.36. The molecule has 0 aliphatic heterocycles. The summed E-state index contributed by atoms with van der Waals surface area (Å²) < 4.78 is 0. The number of amides is 1. The monoisotopic (exact) mass is 309 g/mol. The highest BCUT2D eigenvalue weighted by molar-refractivity contribution is 7.14. The van der Waals surface area contributed by atoms with Crippen molar-refractivity contribution in [1.29, 1.82) is 0 Å². The Morgan fingerprint density at radius 3 is 2.57 bits per heavy atom. The molecular formula is C16H23NO3S. The van der Waals surface area contributed by atoms with Gasteiger partial charge in [0.05, 0.1) is 4.88 Å². The van der Waals surface area contributed by atoms with Gasteiger partial charge in [-0.05, 0) is 43.7 Å². The van der Waals surface area contributed by atoms with Gasteiger partial charge in [-0.1, -0.05) is 26.2 Å². The summed E-state index contributed by atoms with van der Waals surface area (Å²) in [7, 11) is 0. The molecule has 0 bridgehead atoms. The van der Waals surface area contributed by atoms with Crippen molar-refractivity contribution >= 4 is 23.2 Å². The summed E-state index contributed by atoms with van der Waals surface area (Å²) in [6.07, 6.45) is 5.95. The minimum atomic E-state index is -0.917. The molecule has 1 heterocycles. The van der Waals surface area contributed by atoms with Crippen LogP contribution in [0.3, 0.4) is 0 Å². The zero-order valence-electron chi connectivity index (χ0n) is 12.6. The number of carboxylic acids is 1. The quantitative estimate of drug-likeness (QED) is 0.876. The normalized spacial score (nSPS) is 17.4. The molecular weight excluding hydrogens is 286 g/mol. The van der Waals surface area contributed by atoms with E-state index in [1.165, 1.54) is 17.8 Å². The van der Waals surface area contributed by atoms with E-state index in [9.17, 15) is 14.7 Å². The fourth-order valence-electron chi connectivity index (χ4n) is 3.04. The molecule has 116 valence electrons. The summed E-state index contributed by atoms with van der Waals surface area (Å²) in [6, 6.07) is 1.13. The van der Waals surface area contributed by atoms with Crippen molar-refractivity contribution in [2.24, 2.45) is 5.92 Å². The van der Waals surface area contributed by atoms with Crippen molar-refractivity contribution in [2.45, 2.75) is 58.4 Å². The third kappa shape index (κ3) is 3.84. The molecule has 1 aromatic heterocycles. The Kier molecular flexibility index (Phi) is 5.39. The van der Waals surface area contributed by atoms with Crippen LogP contribution in [0.2, 0.25) is 0 Å². The maximum atomic E-state index is 12.3. The topological polar surface area (TPSA) is 66.4 Å². The first-order valence-electron chi connectivity index (χ1n) is 7.66. The zero-order valence-corrected chi connectivity index (χ0v) is 13.5. The van der Waals surface area contributed by atoms with Crippen LogP contribution in [0.25, 0.3) is 0 Å². The lowest BCUT2D eigenvalue weighted by molar-refractivity contribution is -0.141. The zero-order chi connectivity index (χ0) is 15.4. The molecule has 1 saturated carbocycles. The van der Waals surface area contributed by atoms with E-state index in [0.29, 0.717) is 4.88 Å². The molecule has 5 heteroatoms. The average Bonchev–Trinajstić information content (AvgIpc) is 2.86. The fraction of sp³-hybridized carbons (Fsp3) is 0.625. The Balaban J connectivity index is 2.08. The number of aliphatic carboxylic acids is 1. The molecule has 0 spiro atoms. The van der Waals surface area contributed by atoms with Gasteiger partial charge in [0.1, 0.15) is 6.04 Å². The van der Waals surface area contributed by atoms with E-state index >= 15 is 0 Å². The lowest BCUT2D eigenvalue weighted by Crippen LogP contribution is -2.46. The number of carbonyl (C=O) groups excluding carboxylic acids is 1. The van der Waals surface area contributed by atoms with Crippen LogP contribution in [0, 0.1) is 12.8 Å². The Morgan fingerprint density at radius 1 is 1.38 bits per heavy atom. The SMILES string of the molecule is CCc1cc(C(=O)NC(C(=O)O)C2CCCCC2)sc1C. The van der Waals surface area contributed by atoms with Gasteiger partial charge >= 0.3 is 5.97 Å². The van der Waals surface area contributed by atoms with Crippen molar-refractivity contribution < 1.29 is 14.7 Å². The van der Waals surface area contributed by atoms with E-state index in [0.717, 1.165) is 42.5 Å². The van der Waals surface area contributed by atoms with Gasteiger partial charge in [-0.2, -0.15) is 0 Å². The molecule has 1 fully saturated rings. The maximum absolute atomic E-state index is 12.3. The van der Waals surface area contributed by atoms with Crippen LogP contribution in [0.5, 0.6) is 0 Å². The highest BCUT2D eigenvalue weighted by Gasteiger charge is 2.31. The summed E-state index contributed by atoms with van der Waals surface area (Å²) in [5.74, 6) is -1.10. The highest BCUT2D eigenvalue weighted by Crippen LogP contribution is 2.27. The Bertz CT molecular complexity index is 518. The van der Waals surface area contributed by atoms with Crippen LogP contribution in [-0.2, 0) is 11.2 Å². The van der Waals surface area contributed by atoms with E-state index in [-0.39, 0.29) is 11.8 Å². The van der Waals surface area contributed by atoms with Crippen molar-refractivity contribution in [2.75, 3.05) is 0 Å². The van der Waals surface area contributed by atoms with Crippen LogP contribution in [0.4, 0.5) is 0 Å². The summed E-state index contributed by atoms with van der Waals surface area (Å²) in [5, 5.41) is 12.2. The Morgan fingerprint density at radius 2 is 2.05 bits per heavy atom. The number of nitrogens with one attached hydrogen (secondary N) is 1. The average molecular weight is 309 g/mol. The largest absolute Gasteiger partial charge is 0.480 e. The summed E-state index contributed by atoms with van der Waals surface area (Å²) in [5.41, 5.74) is 1.16. The molecule has 1 unspecified atom stereocenters. The minimum Gasteiger partial charge on any atom is -0.480 e. The first-order chi connectivity index (χ1) is 10.0. The van der Waals surface area contributed by atoms with E-state index in [1.807, 2.05) is 13.0 Å². The highest BCUT2D eigenvalue weighted by atomic mass is 32.1. The molecule has 2 N–H and O–H groups in total. The lowest BCUT2D eigenvalue weighted by Gasteiger charge is -2.27. The third-order valence-corrected chi connectivity index (χ3v) is 5.39. The van der Waals surface area contributed by atoms with Gasteiger partial charge in [-0.25, -0.2) is 4.79 Å². The van der Waals surface area contributed by atoms with E-state index in [1.54, 1.807) is 0 Å². The van der Waals surface area contributed by atoms with Gasteiger partial charge in [0, 0.05) is 4.88 Å². The molecule has 1 aliphatic carbocycles. The first kappa shape index (κ1) is 16.0. The molecule has 1 amide bonds. The number of hydrogen-bond acceptors (Lipinski definition) is 3. The number of carbonyl (C=O) groups is 2. The van der Waals surface area contributed by atoms with Crippen LogP contribution < -0.4 is 5.32 Å². The molecule has 1 aromatic rings. The molecule has 1 aliphatic rings.